The Hall–Kier alpha value is -1.59. The van der Waals surface area contributed by atoms with E-state index in [0.29, 0.717) is 12.2 Å². The Morgan fingerprint density at radius 1 is 1.13 bits per heavy atom. The van der Waals surface area contributed by atoms with Gasteiger partial charge in [-0.1, -0.05) is 31.4 Å². The van der Waals surface area contributed by atoms with Crippen molar-refractivity contribution in [1.29, 1.82) is 0 Å². The van der Waals surface area contributed by atoms with Crippen molar-refractivity contribution in [2.75, 3.05) is 52.3 Å². The topological polar surface area (TPSA) is 87.2 Å². The molecule has 1 heterocycles. The first-order chi connectivity index (χ1) is 14.6. The zero-order valence-electron chi connectivity index (χ0n) is 18.6. The number of ether oxygens (including phenoxy) is 2. The average molecular weight is 545 g/mol. The SMILES string of the molecule is CN=C(NCc1ccc(NC(=O)OC)cc1)NCC1(N2CCOCC2)CCCCC1.I. The molecule has 174 valence electrons. The third kappa shape index (κ3) is 7.50. The van der Waals surface area contributed by atoms with Crippen LogP contribution in [0.5, 0.6) is 0 Å². The average Bonchev–Trinajstić information content (AvgIpc) is 2.81. The summed E-state index contributed by atoms with van der Waals surface area (Å²) in [5, 5.41) is 9.63. The molecule has 9 heteroatoms. The lowest BCUT2D eigenvalue weighted by molar-refractivity contribution is -0.0352. The van der Waals surface area contributed by atoms with Gasteiger partial charge < -0.3 is 20.1 Å². The Balaban J connectivity index is 0.00000341. The number of nitrogens with one attached hydrogen (secondary N) is 3. The van der Waals surface area contributed by atoms with Crippen molar-refractivity contribution in [3.8, 4) is 0 Å². The van der Waals surface area contributed by atoms with E-state index in [1.54, 1.807) is 7.05 Å². The van der Waals surface area contributed by atoms with Gasteiger partial charge in [0.2, 0.25) is 0 Å². The van der Waals surface area contributed by atoms with Crippen molar-refractivity contribution in [2.45, 2.75) is 44.2 Å². The van der Waals surface area contributed by atoms with Crippen LogP contribution in [-0.4, -0.2) is 69.5 Å². The van der Waals surface area contributed by atoms with Crippen molar-refractivity contribution < 1.29 is 14.3 Å². The third-order valence-electron chi connectivity index (χ3n) is 6.12. The molecule has 1 aliphatic carbocycles. The summed E-state index contributed by atoms with van der Waals surface area (Å²) < 4.78 is 10.2. The maximum atomic E-state index is 11.3. The van der Waals surface area contributed by atoms with Crippen LogP contribution >= 0.6 is 24.0 Å². The molecule has 2 fully saturated rings. The van der Waals surface area contributed by atoms with Crippen LogP contribution in [0.1, 0.15) is 37.7 Å². The van der Waals surface area contributed by atoms with Gasteiger partial charge in [0.25, 0.3) is 0 Å². The number of benzene rings is 1. The van der Waals surface area contributed by atoms with E-state index in [1.165, 1.54) is 39.2 Å². The van der Waals surface area contributed by atoms with Crippen LogP contribution in [-0.2, 0) is 16.0 Å². The minimum Gasteiger partial charge on any atom is -0.453 e. The molecule has 0 aromatic heterocycles. The van der Waals surface area contributed by atoms with Gasteiger partial charge in [-0.25, -0.2) is 4.79 Å². The minimum atomic E-state index is -0.470. The normalized spacial score (nSPS) is 19.1. The van der Waals surface area contributed by atoms with E-state index in [-0.39, 0.29) is 29.5 Å². The number of halogens is 1. The smallest absolute Gasteiger partial charge is 0.411 e. The molecule has 0 atom stereocenters. The molecule has 1 saturated heterocycles. The first-order valence-electron chi connectivity index (χ1n) is 10.9. The predicted octanol–water partition coefficient (Wildman–Crippen LogP) is 3.18. The van der Waals surface area contributed by atoms with Crippen LogP contribution in [0, 0.1) is 0 Å². The number of morpholine rings is 1. The third-order valence-corrected chi connectivity index (χ3v) is 6.12. The molecule has 8 nitrogen and oxygen atoms in total. The molecule has 1 aromatic rings. The quantitative estimate of drug-likeness (QED) is 0.289. The summed E-state index contributed by atoms with van der Waals surface area (Å²) in [5.74, 6) is 0.810. The van der Waals surface area contributed by atoms with Gasteiger partial charge in [0.05, 0.1) is 20.3 Å². The fraction of sp³-hybridized carbons (Fsp3) is 0.636. The number of guanidine groups is 1. The number of aliphatic imine (C=N–C) groups is 1. The maximum Gasteiger partial charge on any atom is 0.411 e. The summed E-state index contributed by atoms with van der Waals surface area (Å²) in [4.78, 5) is 18.3. The number of carbonyl (C=O) groups excluding carboxylic acids is 1. The van der Waals surface area contributed by atoms with Crippen LogP contribution in [0.4, 0.5) is 10.5 Å². The Morgan fingerprint density at radius 2 is 1.81 bits per heavy atom. The fourth-order valence-corrected chi connectivity index (χ4v) is 4.38. The lowest BCUT2D eigenvalue weighted by Crippen LogP contribution is -2.60. The van der Waals surface area contributed by atoms with Gasteiger partial charge in [-0.05, 0) is 30.5 Å². The highest BCUT2D eigenvalue weighted by Crippen LogP contribution is 2.33. The number of anilines is 1. The van der Waals surface area contributed by atoms with Crippen LogP contribution in [0.2, 0.25) is 0 Å². The molecule has 2 aliphatic rings. The number of nitrogens with zero attached hydrogens (tertiary/aromatic N) is 2. The largest absolute Gasteiger partial charge is 0.453 e. The Bertz CT molecular complexity index is 702. The van der Waals surface area contributed by atoms with E-state index in [9.17, 15) is 4.79 Å². The van der Waals surface area contributed by atoms with Crippen molar-refractivity contribution >= 4 is 41.7 Å². The van der Waals surface area contributed by atoms with Crippen LogP contribution in [0.3, 0.4) is 0 Å². The van der Waals surface area contributed by atoms with E-state index in [2.05, 4.69) is 30.6 Å². The number of hydrogen-bond acceptors (Lipinski definition) is 5. The Labute approximate surface area is 202 Å². The molecule has 31 heavy (non-hydrogen) atoms. The van der Waals surface area contributed by atoms with E-state index in [4.69, 9.17) is 4.74 Å². The molecule has 1 aliphatic heterocycles. The van der Waals surface area contributed by atoms with Gasteiger partial charge in [-0.15, -0.1) is 24.0 Å². The zero-order chi connectivity index (χ0) is 21.2. The Kier molecular flexibility index (Phi) is 10.8. The molecular formula is C22H36IN5O3. The molecule has 1 amide bonds. The predicted molar refractivity (Wildman–Crippen MR) is 134 cm³/mol. The number of carbonyl (C=O) groups is 1. The van der Waals surface area contributed by atoms with Crippen molar-refractivity contribution in [3.05, 3.63) is 29.8 Å². The van der Waals surface area contributed by atoms with Crippen LogP contribution < -0.4 is 16.0 Å². The molecule has 3 N–H and O–H groups in total. The monoisotopic (exact) mass is 545 g/mol. The fourth-order valence-electron chi connectivity index (χ4n) is 4.38. The summed E-state index contributed by atoms with van der Waals surface area (Å²) in [6, 6.07) is 7.67. The number of amides is 1. The van der Waals surface area contributed by atoms with Gasteiger partial charge in [0, 0.05) is 44.5 Å². The summed E-state index contributed by atoms with van der Waals surface area (Å²) >= 11 is 0. The highest BCUT2D eigenvalue weighted by Gasteiger charge is 2.38. The van der Waals surface area contributed by atoms with Crippen LogP contribution in [0.25, 0.3) is 0 Å². The summed E-state index contributed by atoms with van der Waals surface area (Å²) in [6.07, 6.45) is 5.90. The number of methoxy groups -OCH3 is 1. The van der Waals surface area contributed by atoms with E-state index in [1.807, 2.05) is 24.3 Å². The zero-order valence-corrected chi connectivity index (χ0v) is 20.9. The summed E-state index contributed by atoms with van der Waals surface area (Å²) in [7, 11) is 3.16. The second kappa shape index (κ2) is 13.1. The molecular weight excluding hydrogens is 509 g/mol. The molecule has 1 saturated carbocycles. The minimum absolute atomic E-state index is 0. The summed E-state index contributed by atoms with van der Waals surface area (Å²) in [6.45, 7) is 5.24. The first-order valence-corrected chi connectivity index (χ1v) is 10.9. The van der Waals surface area contributed by atoms with E-state index < -0.39 is 6.09 Å². The van der Waals surface area contributed by atoms with Gasteiger partial charge >= 0.3 is 6.09 Å². The van der Waals surface area contributed by atoms with Gasteiger partial charge in [0.15, 0.2) is 5.96 Å². The highest BCUT2D eigenvalue weighted by molar-refractivity contribution is 14.0. The lowest BCUT2D eigenvalue weighted by atomic mass is 9.80. The molecule has 1 aromatic carbocycles. The molecule has 0 unspecified atom stereocenters. The first kappa shape index (κ1) is 25.7. The second-order valence-electron chi connectivity index (χ2n) is 7.98. The number of hydrogen-bond donors (Lipinski definition) is 3. The van der Waals surface area contributed by atoms with E-state index >= 15 is 0 Å². The standard InChI is InChI=1S/C22H35N5O3.HI/c1-23-20(24-16-18-6-8-19(9-7-18)26-21(28)29-2)25-17-22(10-4-3-5-11-22)27-12-14-30-15-13-27;/h6-9H,3-5,10-17H2,1-2H3,(H,26,28)(H2,23,24,25);1H. The summed E-state index contributed by atoms with van der Waals surface area (Å²) in [5.41, 5.74) is 2.01. The van der Waals surface area contributed by atoms with Crippen molar-refractivity contribution in [3.63, 3.8) is 0 Å². The van der Waals surface area contributed by atoms with Gasteiger partial charge in [-0.3, -0.25) is 15.2 Å². The molecule has 0 radical (unpaired) electrons. The highest BCUT2D eigenvalue weighted by atomic mass is 127. The molecule has 0 spiro atoms. The van der Waals surface area contributed by atoms with Crippen LogP contribution in [0.15, 0.2) is 29.3 Å². The van der Waals surface area contributed by atoms with E-state index in [0.717, 1.165) is 44.4 Å². The van der Waals surface area contributed by atoms with Crippen molar-refractivity contribution in [1.82, 2.24) is 15.5 Å². The van der Waals surface area contributed by atoms with Gasteiger partial charge in [0.1, 0.15) is 0 Å². The lowest BCUT2D eigenvalue weighted by Gasteiger charge is -2.48. The molecule has 3 rings (SSSR count). The Morgan fingerprint density at radius 3 is 2.42 bits per heavy atom. The van der Waals surface area contributed by atoms with Crippen molar-refractivity contribution in [2.24, 2.45) is 4.99 Å². The van der Waals surface area contributed by atoms with Gasteiger partial charge in [-0.2, -0.15) is 0 Å². The maximum absolute atomic E-state index is 11.3. The second-order valence-corrected chi connectivity index (χ2v) is 7.98. The number of rotatable bonds is 6. The molecule has 0 bridgehead atoms.